The molecule has 3 aromatic carbocycles. The van der Waals surface area contributed by atoms with Gasteiger partial charge in [0.2, 0.25) is 0 Å². The van der Waals surface area contributed by atoms with Gasteiger partial charge in [0.15, 0.2) is 0 Å². The lowest BCUT2D eigenvalue weighted by molar-refractivity contribution is 0.0938. The van der Waals surface area contributed by atoms with Crippen molar-refractivity contribution < 1.29 is 4.79 Å². The van der Waals surface area contributed by atoms with E-state index in [1.165, 1.54) is 33.6 Å². The van der Waals surface area contributed by atoms with Crippen molar-refractivity contribution in [3.8, 4) is 0 Å². The molecule has 5 rings (SSSR count). The van der Waals surface area contributed by atoms with Gasteiger partial charge in [0.05, 0.1) is 0 Å². The van der Waals surface area contributed by atoms with Crippen molar-refractivity contribution in [1.29, 1.82) is 0 Å². The Morgan fingerprint density at radius 3 is 2.47 bits per heavy atom. The number of nitrogens with one attached hydrogen (secondary N) is 1. The van der Waals surface area contributed by atoms with Crippen LogP contribution in [0.15, 0.2) is 97.3 Å². The number of nitrogens with zero attached hydrogens (tertiary/aromatic N) is 2. The van der Waals surface area contributed by atoms with Crippen molar-refractivity contribution in [3.63, 3.8) is 0 Å². The maximum atomic E-state index is 13.1. The number of para-hydroxylation sites is 1. The Balaban J connectivity index is 1.31. The molecule has 4 nitrogen and oxygen atoms in total. The highest BCUT2D eigenvalue weighted by molar-refractivity contribution is 5.95. The van der Waals surface area contributed by atoms with Crippen molar-refractivity contribution in [2.75, 3.05) is 4.90 Å². The van der Waals surface area contributed by atoms with Crippen molar-refractivity contribution in [3.05, 3.63) is 125 Å². The van der Waals surface area contributed by atoms with E-state index >= 15 is 0 Å². The molecule has 4 aromatic rings. The van der Waals surface area contributed by atoms with Gasteiger partial charge in [-0.3, -0.25) is 9.78 Å². The largest absolute Gasteiger partial charge is 0.350 e. The first-order valence-corrected chi connectivity index (χ1v) is 12.9. The lowest BCUT2D eigenvalue weighted by Crippen LogP contribution is -2.32. The quantitative estimate of drug-likeness (QED) is 0.310. The fourth-order valence-electron chi connectivity index (χ4n) is 5.05. The molecule has 1 aliphatic rings. The van der Waals surface area contributed by atoms with Crippen LogP contribution in [-0.2, 0) is 25.8 Å². The molecule has 0 saturated heterocycles. The highest BCUT2D eigenvalue weighted by Gasteiger charge is 2.22. The minimum atomic E-state index is 0.00282. The number of anilines is 2. The number of pyridine rings is 1. The normalized spacial score (nSPS) is 13.3. The highest BCUT2D eigenvalue weighted by Crippen LogP contribution is 2.37. The molecule has 1 aromatic heterocycles. The highest BCUT2D eigenvalue weighted by atomic mass is 16.1. The molecule has 0 spiro atoms. The first kappa shape index (κ1) is 23.8. The molecule has 36 heavy (non-hydrogen) atoms. The molecule has 1 unspecified atom stereocenters. The summed E-state index contributed by atoms with van der Waals surface area (Å²) < 4.78 is 0. The summed E-state index contributed by atoms with van der Waals surface area (Å²) in [6.45, 7) is 2.88. The molecule has 1 amide bonds. The van der Waals surface area contributed by atoms with Crippen molar-refractivity contribution in [2.45, 2.75) is 51.6 Å². The molecule has 0 bridgehead atoms. The maximum absolute atomic E-state index is 13.1. The standard InChI is InChI=1S/C32H33N3O/c1-24(9-7-12-25-13-8-20-33-22-25)34-32(36)29-18-19-31-28(21-29)17-16-27-14-5-6-15-30(27)35(31)23-26-10-3-2-4-11-26/h2-6,8,10-11,13-15,18-22,24H,7,9,12,16-17,23H2,1H3,(H,34,36). The van der Waals surface area contributed by atoms with Crippen LogP contribution in [0.25, 0.3) is 0 Å². The molecular formula is C32H33N3O. The van der Waals surface area contributed by atoms with Gasteiger partial charge in [0.25, 0.3) is 5.91 Å². The second-order valence-electron chi connectivity index (χ2n) is 9.67. The zero-order valence-corrected chi connectivity index (χ0v) is 20.9. The predicted octanol–water partition coefficient (Wildman–Crippen LogP) is 6.66. The molecule has 0 fully saturated rings. The number of benzene rings is 3. The monoisotopic (exact) mass is 475 g/mol. The van der Waals surface area contributed by atoms with Gasteiger partial charge >= 0.3 is 0 Å². The van der Waals surface area contributed by atoms with E-state index in [9.17, 15) is 4.79 Å². The molecule has 0 saturated carbocycles. The minimum Gasteiger partial charge on any atom is -0.350 e. The number of carbonyl (C=O) groups excluding carboxylic acids is 1. The maximum Gasteiger partial charge on any atom is 0.251 e. The van der Waals surface area contributed by atoms with Crippen LogP contribution < -0.4 is 10.2 Å². The molecule has 1 aliphatic heterocycles. The number of carbonyl (C=O) groups is 1. The SMILES string of the molecule is CC(CCCc1cccnc1)NC(=O)c1ccc2c(c1)CCc1ccccc1N2Cc1ccccc1. The molecular weight excluding hydrogens is 442 g/mol. The summed E-state index contributed by atoms with van der Waals surface area (Å²) in [6.07, 6.45) is 8.52. The Morgan fingerprint density at radius 2 is 1.64 bits per heavy atom. The third-order valence-electron chi connectivity index (χ3n) is 6.96. The summed E-state index contributed by atoms with van der Waals surface area (Å²) in [7, 11) is 0. The average molecular weight is 476 g/mol. The molecule has 0 radical (unpaired) electrons. The van der Waals surface area contributed by atoms with Gasteiger partial charge in [-0.15, -0.1) is 0 Å². The van der Waals surface area contributed by atoms with E-state index < -0.39 is 0 Å². The van der Waals surface area contributed by atoms with Crippen LogP contribution in [-0.4, -0.2) is 16.9 Å². The molecule has 2 heterocycles. The van der Waals surface area contributed by atoms with Gasteiger partial charge < -0.3 is 10.2 Å². The second-order valence-corrected chi connectivity index (χ2v) is 9.67. The van der Waals surface area contributed by atoms with Gasteiger partial charge in [0, 0.05) is 41.9 Å². The van der Waals surface area contributed by atoms with E-state index in [2.05, 4.69) is 94.9 Å². The zero-order chi connectivity index (χ0) is 24.7. The average Bonchev–Trinajstić information content (AvgIpc) is 3.06. The van der Waals surface area contributed by atoms with Crippen LogP contribution in [0.5, 0.6) is 0 Å². The van der Waals surface area contributed by atoms with E-state index in [1.54, 1.807) is 6.20 Å². The summed E-state index contributed by atoms with van der Waals surface area (Å²) in [6, 6.07) is 29.6. The topological polar surface area (TPSA) is 45.2 Å². The Morgan fingerprint density at radius 1 is 0.889 bits per heavy atom. The number of hydrogen-bond donors (Lipinski definition) is 1. The Labute approximate surface area is 214 Å². The Kier molecular flexibility index (Phi) is 7.41. The number of rotatable bonds is 8. The number of hydrogen-bond acceptors (Lipinski definition) is 3. The van der Waals surface area contributed by atoms with Gasteiger partial charge in [0.1, 0.15) is 0 Å². The first-order chi connectivity index (χ1) is 17.7. The van der Waals surface area contributed by atoms with Crippen LogP contribution in [0.2, 0.25) is 0 Å². The lowest BCUT2D eigenvalue weighted by Gasteiger charge is -2.27. The second kappa shape index (κ2) is 11.2. The Hall–Kier alpha value is -3.92. The number of aryl methyl sites for hydroxylation is 3. The van der Waals surface area contributed by atoms with Crippen LogP contribution in [0, 0.1) is 0 Å². The molecule has 1 atom stereocenters. The van der Waals surface area contributed by atoms with Gasteiger partial charge in [-0.25, -0.2) is 0 Å². The molecule has 0 aliphatic carbocycles. The van der Waals surface area contributed by atoms with Crippen LogP contribution in [0.1, 0.15) is 52.4 Å². The van der Waals surface area contributed by atoms with Crippen LogP contribution >= 0.6 is 0 Å². The van der Waals surface area contributed by atoms with E-state index in [4.69, 9.17) is 0 Å². The zero-order valence-electron chi connectivity index (χ0n) is 20.9. The van der Waals surface area contributed by atoms with Gasteiger partial charge in [-0.05, 0) is 91.6 Å². The number of amides is 1. The fraction of sp³-hybridized carbons (Fsp3) is 0.250. The van der Waals surface area contributed by atoms with Crippen LogP contribution in [0.4, 0.5) is 11.4 Å². The molecule has 4 heteroatoms. The third kappa shape index (κ3) is 5.65. The third-order valence-corrected chi connectivity index (χ3v) is 6.96. The van der Waals surface area contributed by atoms with E-state index in [0.29, 0.717) is 0 Å². The molecule has 1 N–H and O–H groups in total. The van der Waals surface area contributed by atoms with Crippen molar-refractivity contribution >= 4 is 17.3 Å². The lowest BCUT2D eigenvalue weighted by atomic mass is 10.0. The number of aromatic nitrogens is 1. The van der Waals surface area contributed by atoms with Gasteiger partial charge in [-0.1, -0.05) is 54.6 Å². The van der Waals surface area contributed by atoms with Crippen molar-refractivity contribution in [1.82, 2.24) is 10.3 Å². The summed E-state index contributed by atoms with van der Waals surface area (Å²) in [5, 5.41) is 3.20. The predicted molar refractivity (Wildman–Crippen MR) is 147 cm³/mol. The Bertz CT molecular complexity index is 1300. The summed E-state index contributed by atoms with van der Waals surface area (Å²) >= 11 is 0. The molecule has 182 valence electrons. The van der Waals surface area contributed by atoms with Crippen molar-refractivity contribution in [2.24, 2.45) is 0 Å². The van der Waals surface area contributed by atoms with Crippen LogP contribution in [0.3, 0.4) is 0 Å². The fourth-order valence-corrected chi connectivity index (χ4v) is 5.05. The van der Waals surface area contributed by atoms with Gasteiger partial charge in [-0.2, -0.15) is 0 Å². The smallest absolute Gasteiger partial charge is 0.251 e. The summed E-state index contributed by atoms with van der Waals surface area (Å²) in [4.78, 5) is 19.7. The number of fused-ring (bicyclic) bond motifs is 2. The minimum absolute atomic E-state index is 0.00282. The van der Waals surface area contributed by atoms with E-state index in [1.807, 2.05) is 18.3 Å². The first-order valence-electron chi connectivity index (χ1n) is 12.9. The van der Waals surface area contributed by atoms with E-state index in [-0.39, 0.29) is 11.9 Å². The summed E-state index contributed by atoms with van der Waals surface area (Å²) in [5.74, 6) is 0.00282. The summed E-state index contributed by atoms with van der Waals surface area (Å²) in [5.41, 5.74) is 8.24. The van der Waals surface area contributed by atoms with E-state index in [0.717, 1.165) is 44.2 Å².